The number of rotatable bonds is 2. The number of benzene rings is 1. The number of aromatic nitrogens is 2. The maximum absolute atomic E-state index is 14.5. The van der Waals surface area contributed by atoms with Crippen LogP contribution < -0.4 is 5.32 Å². The minimum Gasteiger partial charge on any atom is -0.372 e. The second-order valence-electron chi connectivity index (χ2n) is 6.60. The molecule has 0 bridgehead atoms. The highest BCUT2D eigenvalue weighted by molar-refractivity contribution is 5.89. The number of carbonyl (C=O) groups is 1. The van der Waals surface area contributed by atoms with Gasteiger partial charge < -0.3 is 15.0 Å². The van der Waals surface area contributed by atoms with Crippen molar-refractivity contribution in [2.75, 3.05) is 18.4 Å². The van der Waals surface area contributed by atoms with E-state index >= 15 is 0 Å². The Balaban J connectivity index is 1.75. The number of aryl methyl sites for hydroxylation is 2. The molecule has 2 unspecified atom stereocenters. The third-order valence-electron chi connectivity index (χ3n) is 4.14. The number of anilines is 1. The van der Waals surface area contributed by atoms with E-state index in [2.05, 4.69) is 10.4 Å². The lowest BCUT2D eigenvalue weighted by Gasteiger charge is -2.35. The summed E-state index contributed by atoms with van der Waals surface area (Å²) in [5, 5.41) is 7.04. The standard InChI is InChI=1S/C18H23FN4O2/c1-11-7-12(2)23(21-11)17-6-5-15(8-16(17)19)20-18(24)22-9-13(3)25-14(4)10-22/h5-8,13-14H,9-10H2,1-4H3,(H,20,24). The number of hydrogen-bond donors (Lipinski definition) is 1. The average Bonchev–Trinajstić information content (AvgIpc) is 2.85. The number of hydrogen-bond acceptors (Lipinski definition) is 3. The molecule has 1 aromatic carbocycles. The Morgan fingerprint density at radius 1 is 1.24 bits per heavy atom. The minimum atomic E-state index is -0.437. The average molecular weight is 346 g/mol. The number of nitrogens with zero attached hydrogens (tertiary/aromatic N) is 3. The van der Waals surface area contributed by atoms with Gasteiger partial charge in [-0.25, -0.2) is 13.9 Å². The molecule has 1 fully saturated rings. The number of morpholine rings is 1. The number of urea groups is 1. The Morgan fingerprint density at radius 2 is 1.92 bits per heavy atom. The van der Waals surface area contributed by atoms with Crippen LogP contribution in [0.15, 0.2) is 24.3 Å². The summed E-state index contributed by atoms with van der Waals surface area (Å²) in [6.07, 6.45) is -0.0284. The van der Waals surface area contributed by atoms with Crippen LogP contribution in [0.4, 0.5) is 14.9 Å². The summed E-state index contributed by atoms with van der Waals surface area (Å²) in [7, 11) is 0. The molecule has 134 valence electrons. The summed E-state index contributed by atoms with van der Waals surface area (Å²) in [5.41, 5.74) is 2.45. The lowest BCUT2D eigenvalue weighted by Crippen LogP contribution is -2.49. The van der Waals surface area contributed by atoms with E-state index in [4.69, 9.17) is 4.74 Å². The minimum absolute atomic E-state index is 0.0142. The van der Waals surface area contributed by atoms with E-state index in [-0.39, 0.29) is 18.2 Å². The molecular formula is C18H23FN4O2. The van der Waals surface area contributed by atoms with E-state index < -0.39 is 5.82 Å². The monoisotopic (exact) mass is 346 g/mol. The maximum Gasteiger partial charge on any atom is 0.322 e. The van der Waals surface area contributed by atoms with Gasteiger partial charge in [-0.15, -0.1) is 0 Å². The molecule has 3 rings (SSSR count). The van der Waals surface area contributed by atoms with Crippen molar-refractivity contribution in [2.45, 2.75) is 39.9 Å². The SMILES string of the molecule is Cc1cc(C)n(-c2ccc(NC(=O)N3CC(C)OC(C)C3)cc2F)n1. The molecule has 0 saturated carbocycles. The number of carbonyl (C=O) groups excluding carboxylic acids is 1. The van der Waals surface area contributed by atoms with Crippen LogP contribution in [-0.4, -0.2) is 46.0 Å². The van der Waals surface area contributed by atoms with Gasteiger partial charge in [0.1, 0.15) is 5.69 Å². The normalized spacial score (nSPS) is 20.6. The number of ether oxygens (including phenoxy) is 1. The van der Waals surface area contributed by atoms with Gasteiger partial charge in [0.25, 0.3) is 0 Å². The maximum atomic E-state index is 14.5. The van der Waals surface area contributed by atoms with Gasteiger partial charge in [0.2, 0.25) is 0 Å². The van der Waals surface area contributed by atoms with E-state index in [0.717, 1.165) is 11.4 Å². The van der Waals surface area contributed by atoms with Gasteiger partial charge in [0, 0.05) is 24.5 Å². The molecule has 1 N–H and O–H groups in total. The molecule has 0 aliphatic carbocycles. The fraction of sp³-hybridized carbons (Fsp3) is 0.444. The zero-order chi connectivity index (χ0) is 18.1. The van der Waals surface area contributed by atoms with Crippen molar-refractivity contribution >= 4 is 11.7 Å². The van der Waals surface area contributed by atoms with Crippen LogP contribution in [0.25, 0.3) is 5.69 Å². The molecule has 6 nitrogen and oxygen atoms in total. The first-order chi connectivity index (χ1) is 11.8. The zero-order valence-corrected chi connectivity index (χ0v) is 14.9. The summed E-state index contributed by atoms with van der Waals surface area (Å²) >= 11 is 0. The molecule has 0 radical (unpaired) electrons. The van der Waals surface area contributed by atoms with Crippen LogP contribution in [0.5, 0.6) is 0 Å². The van der Waals surface area contributed by atoms with Crippen molar-refractivity contribution in [1.29, 1.82) is 0 Å². The highest BCUT2D eigenvalue weighted by Gasteiger charge is 2.26. The molecule has 1 aliphatic rings. The molecule has 2 aromatic rings. The van der Waals surface area contributed by atoms with Crippen LogP contribution >= 0.6 is 0 Å². The fourth-order valence-corrected chi connectivity index (χ4v) is 3.18. The van der Waals surface area contributed by atoms with Crippen molar-refractivity contribution < 1.29 is 13.9 Å². The molecule has 1 aliphatic heterocycles. The van der Waals surface area contributed by atoms with E-state index in [1.54, 1.807) is 21.7 Å². The quantitative estimate of drug-likeness (QED) is 0.908. The van der Waals surface area contributed by atoms with Crippen molar-refractivity contribution in [1.82, 2.24) is 14.7 Å². The summed E-state index contributed by atoms with van der Waals surface area (Å²) in [5.74, 6) is -0.437. The summed E-state index contributed by atoms with van der Waals surface area (Å²) < 4.78 is 21.7. The van der Waals surface area contributed by atoms with Crippen molar-refractivity contribution in [2.24, 2.45) is 0 Å². The molecule has 2 heterocycles. The first-order valence-electron chi connectivity index (χ1n) is 8.38. The third kappa shape index (κ3) is 3.82. The molecule has 7 heteroatoms. The number of halogens is 1. The second-order valence-corrected chi connectivity index (χ2v) is 6.60. The van der Waals surface area contributed by atoms with Crippen LogP contribution in [0.1, 0.15) is 25.2 Å². The van der Waals surface area contributed by atoms with Gasteiger partial charge in [-0.2, -0.15) is 5.10 Å². The fourth-order valence-electron chi connectivity index (χ4n) is 3.18. The Hall–Kier alpha value is -2.41. The Bertz CT molecular complexity index is 779. The van der Waals surface area contributed by atoms with Crippen molar-refractivity contribution in [3.05, 3.63) is 41.5 Å². The largest absolute Gasteiger partial charge is 0.372 e. The number of nitrogens with one attached hydrogen (secondary N) is 1. The summed E-state index contributed by atoms with van der Waals surface area (Å²) in [6.45, 7) is 8.62. The van der Waals surface area contributed by atoms with Crippen molar-refractivity contribution in [3.8, 4) is 5.69 Å². The lowest BCUT2D eigenvalue weighted by molar-refractivity contribution is -0.0530. The molecule has 2 amide bonds. The topological polar surface area (TPSA) is 59.4 Å². The third-order valence-corrected chi connectivity index (χ3v) is 4.14. The Morgan fingerprint density at radius 3 is 2.48 bits per heavy atom. The molecule has 2 atom stereocenters. The molecule has 1 aromatic heterocycles. The van der Waals surface area contributed by atoms with E-state index in [1.165, 1.54) is 6.07 Å². The van der Waals surface area contributed by atoms with Crippen LogP contribution in [0.3, 0.4) is 0 Å². The smallest absolute Gasteiger partial charge is 0.322 e. The molecule has 0 spiro atoms. The van der Waals surface area contributed by atoms with E-state index in [9.17, 15) is 9.18 Å². The zero-order valence-electron chi connectivity index (χ0n) is 14.9. The van der Waals surface area contributed by atoms with Gasteiger partial charge in [-0.1, -0.05) is 0 Å². The first kappa shape index (κ1) is 17.4. The number of amides is 2. The summed E-state index contributed by atoms with van der Waals surface area (Å²) in [4.78, 5) is 14.1. The predicted molar refractivity (Wildman–Crippen MR) is 93.6 cm³/mol. The lowest BCUT2D eigenvalue weighted by atomic mass is 10.2. The predicted octanol–water partition coefficient (Wildman–Crippen LogP) is 3.27. The Kier molecular flexibility index (Phi) is 4.76. The van der Waals surface area contributed by atoms with E-state index in [0.29, 0.717) is 24.5 Å². The second kappa shape index (κ2) is 6.84. The van der Waals surface area contributed by atoms with Gasteiger partial charge in [-0.3, -0.25) is 0 Å². The van der Waals surface area contributed by atoms with Gasteiger partial charge in [0.05, 0.1) is 17.9 Å². The van der Waals surface area contributed by atoms with Gasteiger partial charge in [0.15, 0.2) is 5.82 Å². The molecule has 25 heavy (non-hydrogen) atoms. The van der Waals surface area contributed by atoms with Crippen LogP contribution in [-0.2, 0) is 4.74 Å². The summed E-state index contributed by atoms with van der Waals surface area (Å²) in [6, 6.07) is 6.25. The van der Waals surface area contributed by atoms with Gasteiger partial charge in [-0.05, 0) is 52.0 Å². The van der Waals surface area contributed by atoms with Crippen molar-refractivity contribution in [3.63, 3.8) is 0 Å². The molecular weight excluding hydrogens is 323 g/mol. The van der Waals surface area contributed by atoms with E-state index in [1.807, 2.05) is 33.8 Å². The highest BCUT2D eigenvalue weighted by Crippen LogP contribution is 2.21. The van der Waals surface area contributed by atoms with Gasteiger partial charge >= 0.3 is 6.03 Å². The Labute approximate surface area is 146 Å². The first-order valence-corrected chi connectivity index (χ1v) is 8.38. The van der Waals surface area contributed by atoms with Crippen LogP contribution in [0, 0.1) is 19.7 Å². The molecule has 1 saturated heterocycles. The highest BCUT2D eigenvalue weighted by atomic mass is 19.1. The van der Waals surface area contributed by atoms with Crippen LogP contribution in [0.2, 0.25) is 0 Å².